The number of amides is 1. The van der Waals surface area contributed by atoms with E-state index < -0.39 is 11.7 Å². The third-order valence-corrected chi connectivity index (χ3v) is 4.11. The van der Waals surface area contributed by atoms with Crippen molar-refractivity contribution in [3.05, 3.63) is 23.9 Å². The average Bonchev–Trinajstić information content (AvgIpc) is 3.30. The van der Waals surface area contributed by atoms with Gasteiger partial charge in [-0.3, -0.25) is 4.79 Å². The molecule has 1 amide bonds. The molecule has 2 aliphatic rings. The van der Waals surface area contributed by atoms with Crippen LogP contribution in [-0.4, -0.2) is 30.0 Å². The molecule has 1 unspecified atom stereocenters. The van der Waals surface area contributed by atoms with Gasteiger partial charge in [0, 0.05) is 25.3 Å². The zero-order chi connectivity index (χ0) is 15.7. The first-order valence-corrected chi connectivity index (χ1v) is 7.52. The van der Waals surface area contributed by atoms with Crippen LogP contribution in [0.15, 0.2) is 18.3 Å². The molecule has 1 saturated heterocycles. The normalized spacial score (nSPS) is 22.5. The highest BCUT2D eigenvalue weighted by Crippen LogP contribution is 2.36. The van der Waals surface area contributed by atoms with Crippen molar-refractivity contribution in [2.45, 2.75) is 37.9 Å². The smallest absolute Gasteiger partial charge is 0.355 e. The summed E-state index contributed by atoms with van der Waals surface area (Å²) in [5.74, 6) is -0.381. The number of hydrogen-bond donors (Lipinski definition) is 1. The Bertz CT molecular complexity index is 557. The van der Waals surface area contributed by atoms with Crippen molar-refractivity contribution < 1.29 is 18.0 Å². The van der Waals surface area contributed by atoms with E-state index >= 15 is 0 Å². The maximum Gasteiger partial charge on any atom is 0.419 e. The summed E-state index contributed by atoms with van der Waals surface area (Å²) < 4.78 is 39.3. The Kier molecular flexibility index (Phi) is 3.97. The minimum Gasteiger partial charge on any atom is -0.355 e. The molecule has 3 rings (SSSR count). The third-order valence-electron chi connectivity index (χ3n) is 4.11. The molecule has 0 bridgehead atoms. The fraction of sp³-hybridized carbons (Fsp3) is 0.600. The van der Waals surface area contributed by atoms with Crippen molar-refractivity contribution in [2.75, 3.05) is 18.0 Å². The second kappa shape index (κ2) is 5.78. The van der Waals surface area contributed by atoms with Gasteiger partial charge in [0.05, 0.1) is 11.5 Å². The van der Waals surface area contributed by atoms with Crippen LogP contribution in [-0.2, 0) is 11.0 Å². The number of nitrogens with one attached hydrogen (secondary N) is 1. The lowest BCUT2D eigenvalue weighted by Gasteiger charge is -2.34. The standard InChI is InChI=1S/C15H18F3N3O/c16-15(17,18)12-4-1-7-19-13(12)21-8-2-3-10(9-21)14(22)20-11-5-6-11/h1,4,7,10-11H,2-3,5-6,8-9H2,(H,20,22). The summed E-state index contributed by atoms with van der Waals surface area (Å²) in [6, 6.07) is 2.59. The number of carbonyl (C=O) groups excluding carboxylic acids is 1. The number of nitrogens with zero attached hydrogens (tertiary/aromatic N) is 2. The van der Waals surface area contributed by atoms with E-state index in [-0.39, 0.29) is 23.7 Å². The van der Waals surface area contributed by atoms with E-state index in [1.54, 1.807) is 4.90 Å². The zero-order valence-corrected chi connectivity index (χ0v) is 12.1. The van der Waals surface area contributed by atoms with Gasteiger partial charge >= 0.3 is 6.18 Å². The van der Waals surface area contributed by atoms with E-state index in [9.17, 15) is 18.0 Å². The van der Waals surface area contributed by atoms with Gasteiger partial charge in [0.2, 0.25) is 5.91 Å². The van der Waals surface area contributed by atoms with Crippen LogP contribution >= 0.6 is 0 Å². The zero-order valence-electron chi connectivity index (χ0n) is 12.1. The van der Waals surface area contributed by atoms with Crippen LogP contribution in [0.4, 0.5) is 19.0 Å². The van der Waals surface area contributed by atoms with Gasteiger partial charge in [0.1, 0.15) is 5.82 Å². The average molecular weight is 313 g/mol. The molecule has 2 fully saturated rings. The molecule has 7 heteroatoms. The third kappa shape index (κ3) is 3.34. The van der Waals surface area contributed by atoms with Gasteiger partial charge in [-0.2, -0.15) is 13.2 Å². The summed E-state index contributed by atoms with van der Waals surface area (Å²) in [6.45, 7) is 0.784. The minimum absolute atomic E-state index is 0.0447. The van der Waals surface area contributed by atoms with E-state index in [0.29, 0.717) is 25.9 Å². The van der Waals surface area contributed by atoms with Crippen molar-refractivity contribution in [1.29, 1.82) is 0 Å². The van der Waals surface area contributed by atoms with Gasteiger partial charge in [0.25, 0.3) is 0 Å². The van der Waals surface area contributed by atoms with Crippen LogP contribution < -0.4 is 10.2 Å². The number of hydrogen-bond acceptors (Lipinski definition) is 3. The molecule has 1 aromatic heterocycles. The van der Waals surface area contributed by atoms with Gasteiger partial charge < -0.3 is 10.2 Å². The Hall–Kier alpha value is -1.79. The summed E-state index contributed by atoms with van der Waals surface area (Å²) in [6.07, 6.45) is 0.326. The molecule has 0 spiro atoms. The Labute approximate surface area is 126 Å². The predicted octanol–water partition coefficient (Wildman–Crippen LogP) is 2.60. The monoisotopic (exact) mass is 313 g/mol. The van der Waals surface area contributed by atoms with E-state index in [1.807, 2.05) is 0 Å². The van der Waals surface area contributed by atoms with Crippen molar-refractivity contribution in [2.24, 2.45) is 5.92 Å². The van der Waals surface area contributed by atoms with Gasteiger partial charge in [-0.05, 0) is 37.8 Å². The van der Waals surface area contributed by atoms with Crippen LogP contribution in [0, 0.1) is 5.92 Å². The van der Waals surface area contributed by atoms with Gasteiger partial charge in [-0.25, -0.2) is 4.98 Å². The number of pyridine rings is 1. The summed E-state index contributed by atoms with van der Waals surface area (Å²) in [5.41, 5.74) is -0.738. The fourth-order valence-electron chi connectivity index (χ4n) is 2.80. The Morgan fingerprint density at radius 3 is 2.77 bits per heavy atom. The summed E-state index contributed by atoms with van der Waals surface area (Å²) in [4.78, 5) is 17.6. The molecule has 120 valence electrons. The van der Waals surface area contributed by atoms with E-state index in [0.717, 1.165) is 18.9 Å². The lowest BCUT2D eigenvalue weighted by molar-refractivity contribution is -0.137. The number of carbonyl (C=O) groups is 1. The molecule has 1 saturated carbocycles. The molecule has 0 aromatic carbocycles. The van der Waals surface area contributed by atoms with E-state index in [4.69, 9.17) is 0 Å². The molecule has 22 heavy (non-hydrogen) atoms. The van der Waals surface area contributed by atoms with Crippen molar-refractivity contribution in [3.8, 4) is 0 Å². The fourth-order valence-corrected chi connectivity index (χ4v) is 2.80. The van der Waals surface area contributed by atoms with Crippen molar-refractivity contribution in [1.82, 2.24) is 10.3 Å². The van der Waals surface area contributed by atoms with Crippen LogP contribution in [0.3, 0.4) is 0 Å². The molecule has 0 radical (unpaired) electrons. The van der Waals surface area contributed by atoms with Crippen LogP contribution in [0.2, 0.25) is 0 Å². The Morgan fingerprint density at radius 2 is 2.09 bits per heavy atom. The molecule has 1 N–H and O–H groups in total. The lowest BCUT2D eigenvalue weighted by Crippen LogP contribution is -2.44. The second-order valence-corrected chi connectivity index (χ2v) is 5.94. The maximum atomic E-state index is 13.1. The number of halogens is 3. The largest absolute Gasteiger partial charge is 0.419 e. The predicted molar refractivity (Wildman–Crippen MR) is 75.3 cm³/mol. The molecule has 4 nitrogen and oxygen atoms in total. The topological polar surface area (TPSA) is 45.2 Å². The highest BCUT2D eigenvalue weighted by Gasteiger charge is 2.37. The van der Waals surface area contributed by atoms with Gasteiger partial charge in [0.15, 0.2) is 0 Å². The first kappa shape index (κ1) is 15.1. The highest BCUT2D eigenvalue weighted by molar-refractivity contribution is 5.80. The first-order valence-electron chi connectivity index (χ1n) is 7.52. The van der Waals surface area contributed by atoms with Crippen LogP contribution in [0.25, 0.3) is 0 Å². The van der Waals surface area contributed by atoms with E-state index in [1.165, 1.54) is 12.3 Å². The number of aromatic nitrogens is 1. The minimum atomic E-state index is -4.44. The van der Waals surface area contributed by atoms with Crippen LogP contribution in [0.1, 0.15) is 31.2 Å². The van der Waals surface area contributed by atoms with Gasteiger partial charge in [-0.1, -0.05) is 0 Å². The molecule has 1 atom stereocenters. The Morgan fingerprint density at radius 1 is 1.32 bits per heavy atom. The lowest BCUT2D eigenvalue weighted by atomic mass is 9.96. The molecule has 1 aliphatic carbocycles. The van der Waals surface area contributed by atoms with Crippen molar-refractivity contribution in [3.63, 3.8) is 0 Å². The van der Waals surface area contributed by atoms with Crippen LogP contribution in [0.5, 0.6) is 0 Å². The quantitative estimate of drug-likeness (QED) is 0.933. The Balaban J connectivity index is 1.75. The second-order valence-electron chi connectivity index (χ2n) is 5.94. The summed E-state index contributed by atoms with van der Waals surface area (Å²) in [7, 11) is 0. The molecular formula is C15H18F3N3O. The first-order chi connectivity index (χ1) is 10.4. The maximum absolute atomic E-state index is 13.1. The molecule has 1 aliphatic heterocycles. The highest BCUT2D eigenvalue weighted by atomic mass is 19.4. The summed E-state index contributed by atoms with van der Waals surface area (Å²) in [5, 5.41) is 2.93. The van der Waals surface area contributed by atoms with E-state index in [2.05, 4.69) is 10.3 Å². The summed E-state index contributed by atoms with van der Waals surface area (Å²) >= 11 is 0. The molecular weight excluding hydrogens is 295 g/mol. The molecule has 1 aromatic rings. The number of piperidine rings is 1. The number of rotatable bonds is 3. The number of anilines is 1. The van der Waals surface area contributed by atoms with Crippen molar-refractivity contribution >= 4 is 11.7 Å². The van der Waals surface area contributed by atoms with Gasteiger partial charge in [-0.15, -0.1) is 0 Å². The molecule has 2 heterocycles. The number of alkyl halides is 3. The SMILES string of the molecule is O=C(NC1CC1)C1CCCN(c2ncccc2C(F)(F)F)C1.